The third-order valence-electron chi connectivity index (χ3n) is 9.91. The number of ether oxygens (including phenoxy) is 2. The predicted octanol–water partition coefficient (Wildman–Crippen LogP) is 5.29. The van der Waals surface area contributed by atoms with E-state index in [1.54, 1.807) is 11.1 Å². The molecule has 2 heterocycles. The van der Waals surface area contributed by atoms with Gasteiger partial charge in [-0.15, -0.1) is 0 Å². The Morgan fingerprint density at radius 1 is 1.00 bits per heavy atom. The van der Waals surface area contributed by atoms with Gasteiger partial charge in [0.2, 0.25) is 6.79 Å². The minimum atomic E-state index is 0.311. The second-order valence-corrected chi connectivity index (χ2v) is 10.2. The van der Waals surface area contributed by atoms with Gasteiger partial charge in [-0.25, -0.2) is 0 Å². The maximum absolute atomic E-state index is 5.64. The van der Waals surface area contributed by atoms with Crippen molar-refractivity contribution in [2.75, 3.05) is 6.79 Å². The molecule has 0 amide bonds. The summed E-state index contributed by atoms with van der Waals surface area (Å²) in [5, 5.41) is 3.72. The van der Waals surface area contributed by atoms with E-state index in [0.717, 1.165) is 22.9 Å². The van der Waals surface area contributed by atoms with Crippen LogP contribution in [0.3, 0.4) is 0 Å². The van der Waals surface area contributed by atoms with Crippen molar-refractivity contribution in [2.45, 2.75) is 44.9 Å². The zero-order valence-corrected chi connectivity index (χ0v) is 15.8. The Morgan fingerprint density at radius 2 is 1.81 bits per heavy atom. The molecule has 5 aliphatic rings. The van der Waals surface area contributed by atoms with Crippen LogP contribution in [-0.2, 0) is 5.41 Å². The standard InChI is InChI=1S/C24H21NO2/c1-21-10-23(3)22(2)8-16(24(21,22)23)15-9-25-20-13(19(15)21)5-4-12-6-17-18(7-14(12)20)27-11-26-17/h4-7,9,16H,8,10-11H2,1-3H3. The fraction of sp³-hybridized carbons (Fsp3) is 0.458. The monoisotopic (exact) mass is 355 g/mol. The lowest BCUT2D eigenvalue weighted by atomic mass is 9.50. The van der Waals surface area contributed by atoms with Crippen molar-refractivity contribution >= 4 is 21.7 Å². The summed E-state index contributed by atoms with van der Waals surface area (Å²) in [5.41, 5.74) is 6.20. The van der Waals surface area contributed by atoms with E-state index >= 15 is 0 Å². The van der Waals surface area contributed by atoms with Crippen LogP contribution < -0.4 is 9.47 Å². The Labute approximate surface area is 157 Å². The molecule has 3 aromatic rings. The number of rotatable bonds is 0. The average Bonchev–Trinajstić information content (AvgIpc) is 3.01. The van der Waals surface area contributed by atoms with Crippen molar-refractivity contribution in [1.29, 1.82) is 0 Å². The SMILES string of the molecule is CC12CC3(C)C4(C)CC(c5cnc6c(ccc7cc8c(cc76)OCO8)c51)C243. The van der Waals surface area contributed by atoms with Crippen molar-refractivity contribution in [3.63, 3.8) is 0 Å². The molecule has 27 heavy (non-hydrogen) atoms. The van der Waals surface area contributed by atoms with Crippen molar-refractivity contribution in [3.8, 4) is 11.5 Å². The molecule has 8 rings (SSSR count). The molecule has 0 N–H and O–H groups in total. The van der Waals surface area contributed by atoms with E-state index in [2.05, 4.69) is 51.2 Å². The molecule has 0 radical (unpaired) electrons. The van der Waals surface area contributed by atoms with E-state index in [4.69, 9.17) is 14.5 Å². The van der Waals surface area contributed by atoms with Crippen LogP contribution in [0.5, 0.6) is 11.5 Å². The molecular weight excluding hydrogens is 334 g/mol. The Kier molecular flexibility index (Phi) is 1.75. The van der Waals surface area contributed by atoms with Gasteiger partial charge in [0.25, 0.3) is 0 Å². The van der Waals surface area contributed by atoms with Crippen molar-refractivity contribution in [2.24, 2.45) is 16.2 Å². The molecule has 5 unspecified atom stereocenters. The number of nitrogens with zero attached hydrogens (tertiary/aromatic N) is 1. The van der Waals surface area contributed by atoms with Crippen molar-refractivity contribution in [1.82, 2.24) is 4.98 Å². The highest BCUT2D eigenvalue weighted by Gasteiger charge is 3.03. The smallest absolute Gasteiger partial charge is 0.231 e. The number of hydrogen-bond donors (Lipinski definition) is 0. The Bertz CT molecular complexity index is 1270. The van der Waals surface area contributed by atoms with E-state index in [1.165, 1.54) is 29.0 Å². The van der Waals surface area contributed by atoms with Gasteiger partial charge in [0.15, 0.2) is 11.5 Å². The van der Waals surface area contributed by atoms with Crippen LogP contribution in [0, 0.1) is 16.2 Å². The van der Waals surface area contributed by atoms with Gasteiger partial charge in [0.05, 0.1) is 5.52 Å². The quantitative estimate of drug-likeness (QED) is 0.513. The number of aromatic nitrogens is 1. The highest BCUT2D eigenvalue weighted by molar-refractivity contribution is 6.08. The van der Waals surface area contributed by atoms with Gasteiger partial charge in [-0.1, -0.05) is 32.9 Å². The summed E-state index contributed by atoms with van der Waals surface area (Å²) in [6.45, 7) is 7.95. The molecule has 0 saturated heterocycles. The zero-order chi connectivity index (χ0) is 18.0. The van der Waals surface area contributed by atoms with Crippen LogP contribution in [0.15, 0.2) is 30.5 Å². The molecule has 4 aliphatic carbocycles. The molecule has 3 heteroatoms. The van der Waals surface area contributed by atoms with Gasteiger partial charge in [-0.3, -0.25) is 4.98 Å². The Hall–Kier alpha value is -2.29. The first-order valence-corrected chi connectivity index (χ1v) is 10.1. The fourth-order valence-corrected chi connectivity index (χ4v) is 9.27. The summed E-state index contributed by atoms with van der Waals surface area (Å²) in [7, 11) is 0. The first kappa shape index (κ1) is 13.8. The fourth-order valence-electron chi connectivity index (χ4n) is 9.27. The van der Waals surface area contributed by atoms with Crippen LogP contribution in [0.25, 0.3) is 21.7 Å². The van der Waals surface area contributed by atoms with Gasteiger partial charge in [-0.05, 0) is 63.7 Å². The largest absolute Gasteiger partial charge is 0.454 e. The molecule has 3 saturated carbocycles. The summed E-state index contributed by atoms with van der Waals surface area (Å²) in [4.78, 5) is 5.01. The second kappa shape index (κ2) is 3.43. The van der Waals surface area contributed by atoms with Crippen LogP contribution >= 0.6 is 0 Å². The van der Waals surface area contributed by atoms with E-state index in [0.29, 0.717) is 28.5 Å². The highest BCUT2D eigenvalue weighted by atomic mass is 16.7. The average molecular weight is 355 g/mol. The maximum Gasteiger partial charge on any atom is 0.231 e. The van der Waals surface area contributed by atoms with Gasteiger partial charge >= 0.3 is 0 Å². The van der Waals surface area contributed by atoms with Crippen LogP contribution in [0.1, 0.15) is 50.7 Å². The van der Waals surface area contributed by atoms with Crippen LogP contribution in [-0.4, -0.2) is 11.8 Å². The molecule has 3 nitrogen and oxygen atoms in total. The lowest BCUT2D eigenvalue weighted by molar-refractivity contribution is 0.0211. The molecule has 5 atom stereocenters. The van der Waals surface area contributed by atoms with E-state index in [-0.39, 0.29) is 0 Å². The molecular formula is C24H21NO2. The van der Waals surface area contributed by atoms with Crippen molar-refractivity contribution in [3.05, 3.63) is 41.6 Å². The predicted molar refractivity (Wildman–Crippen MR) is 103 cm³/mol. The minimum Gasteiger partial charge on any atom is -0.454 e. The summed E-state index contributed by atoms with van der Waals surface area (Å²) < 4.78 is 11.2. The first-order valence-electron chi connectivity index (χ1n) is 10.1. The normalized spacial score (nSPS) is 43.7. The molecule has 1 aromatic heterocycles. The van der Waals surface area contributed by atoms with Gasteiger partial charge in [-0.2, -0.15) is 0 Å². The first-order chi connectivity index (χ1) is 13.0. The van der Waals surface area contributed by atoms with Gasteiger partial charge in [0.1, 0.15) is 0 Å². The Morgan fingerprint density at radius 3 is 2.59 bits per heavy atom. The summed E-state index contributed by atoms with van der Waals surface area (Å²) in [6.07, 6.45) is 4.90. The van der Waals surface area contributed by atoms with Gasteiger partial charge < -0.3 is 9.47 Å². The lowest BCUT2D eigenvalue weighted by Gasteiger charge is -2.52. The van der Waals surface area contributed by atoms with E-state index in [1.807, 2.05) is 0 Å². The number of pyridine rings is 1. The topological polar surface area (TPSA) is 31.4 Å². The second-order valence-electron chi connectivity index (χ2n) is 10.2. The molecule has 1 spiro atoms. The molecule has 1 aliphatic heterocycles. The van der Waals surface area contributed by atoms with Crippen LogP contribution in [0.4, 0.5) is 0 Å². The summed E-state index contributed by atoms with van der Waals surface area (Å²) in [6, 6.07) is 8.77. The Balaban J connectivity index is 1.47. The van der Waals surface area contributed by atoms with E-state index < -0.39 is 0 Å². The third kappa shape index (κ3) is 0.981. The minimum absolute atomic E-state index is 0.311. The molecule has 2 aromatic carbocycles. The summed E-state index contributed by atoms with van der Waals surface area (Å²) >= 11 is 0. The molecule has 3 fully saturated rings. The lowest BCUT2D eigenvalue weighted by Crippen LogP contribution is -2.49. The highest BCUT2D eigenvalue weighted by Crippen LogP contribution is 3.08. The zero-order valence-electron chi connectivity index (χ0n) is 15.8. The van der Waals surface area contributed by atoms with Crippen LogP contribution in [0.2, 0.25) is 0 Å². The maximum atomic E-state index is 5.64. The van der Waals surface area contributed by atoms with Gasteiger partial charge in [0, 0.05) is 22.4 Å². The molecule has 0 bridgehead atoms. The molecule has 134 valence electrons. The number of hydrogen-bond acceptors (Lipinski definition) is 3. The number of benzene rings is 2. The third-order valence-corrected chi connectivity index (χ3v) is 9.91. The summed E-state index contributed by atoms with van der Waals surface area (Å²) in [5.74, 6) is 2.41. The van der Waals surface area contributed by atoms with Crippen molar-refractivity contribution < 1.29 is 9.47 Å². The number of fused-ring (bicyclic) bond motifs is 9. The van der Waals surface area contributed by atoms with E-state index in [9.17, 15) is 0 Å².